The number of fused-ring (bicyclic) bond motifs is 1. The zero-order valence-electron chi connectivity index (χ0n) is 22.3. The summed E-state index contributed by atoms with van der Waals surface area (Å²) in [6.07, 6.45) is 0.930. The van der Waals surface area contributed by atoms with Gasteiger partial charge >= 0.3 is 12.1 Å². The first kappa shape index (κ1) is 29.0. The number of phenols is 1. The molecule has 0 radical (unpaired) electrons. The lowest BCUT2D eigenvalue weighted by atomic mass is 10.0. The highest BCUT2D eigenvalue weighted by Crippen LogP contribution is 2.19. The number of amides is 3. The average molecular weight is 539 g/mol. The van der Waals surface area contributed by atoms with E-state index >= 15 is 0 Å². The third kappa shape index (κ3) is 8.49. The van der Waals surface area contributed by atoms with Crippen LogP contribution in [0.25, 0.3) is 10.9 Å². The Morgan fingerprint density at radius 2 is 1.54 bits per heavy atom. The summed E-state index contributed by atoms with van der Waals surface area (Å²) in [6.45, 7) is 6.49. The van der Waals surface area contributed by atoms with Gasteiger partial charge in [-0.2, -0.15) is 0 Å². The van der Waals surface area contributed by atoms with Gasteiger partial charge in [0.05, 0.1) is 0 Å². The van der Waals surface area contributed by atoms with Crippen molar-refractivity contribution in [2.75, 3.05) is 0 Å². The summed E-state index contributed by atoms with van der Waals surface area (Å²) in [6, 6.07) is 9.98. The van der Waals surface area contributed by atoms with Gasteiger partial charge in [0.1, 0.15) is 29.5 Å². The fourth-order valence-electron chi connectivity index (χ4n) is 3.92. The Bertz CT molecular complexity index is 1330. The fraction of sp³-hybridized carbons (Fsp3) is 0.357. The van der Waals surface area contributed by atoms with Crippen LogP contribution in [0.4, 0.5) is 4.79 Å². The predicted molar refractivity (Wildman–Crippen MR) is 144 cm³/mol. The van der Waals surface area contributed by atoms with Gasteiger partial charge < -0.3 is 35.9 Å². The minimum absolute atomic E-state index is 0.0104. The van der Waals surface area contributed by atoms with Crippen LogP contribution < -0.4 is 16.0 Å². The minimum atomic E-state index is -1.27. The van der Waals surface area contributed by atoms with Crippen molar-refractivity contribution in [3.8, 4) is 5.75 Å². The maximum Gasteiger partial charge on any atom is 0.408 e. The van der Waals surface area contributed by atoms with Crippen LogP contribution >= 0.6 is 0 Å². The monoisotopic (exact) mass is 538 g/mol. The number of aromatic hydroxyl groups is 1. The quantitative estimate of drug-likeness (QED) is 0.230. The normalized spacial score (nSPS) is 13.6. The summed E-state index contributed by atoms with van der Waals surface area (Å²) in [5, 5.41) is 27.8. The first-order valence-electron chi connectivity index (χ1n) is 12.5. The van der Waals surface area contributed by atoms with Crippen LogP contribution in [-0.4, -0.2) is 62.8 Å². The molecule has 1 aromatic heterocycles. The SMILES string of the molecule is C[C@H](NC(=O)OC(C)(C)C)C(=O)N[C@@H](Cc1ccc(O)cc1)C(=O)N[C@@H](Cc1c[nH]c2ccccc12)C(=O)O. The van der Waals surface area contributed by atoms with Crippen molar-refractivity contribution in [2.24, 2.45) is 0 Å². The van der Waals surface area contributed by atoms with E-state index in [1.807, 2.05) is 24.3 Å². The van der Waals surface area contributed by atoms with E-state index in [4.69, 9.17) is 4.74 Å². The van der Waals surface area contributed by atoms with Gasteiger partial charge in [0.2, 0.25) is 11.8 Å². The number of phenolic OH excluding ortho intramolecular Hbond substituents is 1. The van der Waals surface area contributed by atoms with Crippen LogP contribution in [0.1, 0.15) is 38.8 Å². The highest BCUT2D eigenvalue weighted by atomic mass is 16.6. The standard InChI is InChI=1S/C28H34N4O7/c1-16(30-27(38)39-28(2,3)4)24(34)31-22(13-17-9-11-19(33)12-10-17)25(35)32-23(26(36)37)14-18-15-29-21-8-6-5-7-20(18)21/h5-12,15-16,22-23,29,33H,13-14H2,1-4H3,(H,30,38)(H,31,34)(H,32,35)(H,36,37)/t16-,22-,23-/m0/s1. The number of carboxylic acid groups (broad SMARTS) is 1. The topological polar surface area (TPSA) is 170 Å². The summed E-state index contributed by atoms with van der Waals surface area (Å²) in [4.78, 5) is 53.5. The molecule has 0 saturated carbocycles. The molecule has 0 aliphatic rings. The Morgan fingerprint density at radius 1 is 0.897 bits per heavy atom. The smallest absolute Gasteiger partial charge is 0.408 e. The van der Waals surface area contributed by atoms with Gasteiger partial charge in [-0.05, 0) is 57.0 Å². The van der Waals surface area contributed by atoms with Crippen molar-refractivity contribution >= 4 is 34.8 Å². The molecule has 0 bridgehead atoms. The van der Waals surface area contributed by atoms with Gasteiger partial charge in [-0.25, -0.2) is 9.59 Å². The number of aliphatic carboxylic acids is 1. The molecular formula is C28H34N4O7. The van der Waals surface area contributed by atoms with Crippen LogP contribution in [0.15, 0.2) is 54.7 Å². The average Bonchev–Trinajstić information content (AvgIpc) is 3.25. The van der Waals surface area contributed by atoms with Gasteiger partial charge in [0.15, 0.2) is 0 Å². The third-order valence-corrected chi connectivity index (χ3v) is 5.85. The van der Waals surface area contributed by atoms with Crippen LogP contribution in [0, 0.1) is 0 Å². The van der Waals surface area contributed by atoms with Gasteiger partial charge in [-0.15, -0.1) is 0 Å². The number of aromatic nitrogens is 1. The summed E-state index contributed by atoms with van der Waals surface area (Å²) in [5.74, 6) is -2.58. The molecule has 0 spiro atoms. The Labute approximate surface area is 225 Å². The second-order valence-corrected chi connectivity index (χ2v) is 10.3. The summed E-state index contributed by atoms with van der Waals surface area (Å²) >= 11 is 0. The number of benzene rings is 2. The number of carboxylic acids is 1. The van der Waals surface area contributed by atoms with E-state index in [0.29, 0.717) is 11.1 Å². The number of para-hydroxylation sites is 1. The maximum absolute atomic E-state index is 13.3. The first-order valence-corrected chi connectivity index (χ1v) is 12.5. The van der Waals surface area contributed by atoms with E-state index in [-0.39, 0.29) is 18.6 Å². The zero-order chi connectivity index (χ0) is 28.7. The highest BCUT2D eigenvalue weighted by molar-refractivity contribution is 5.93. The number of hydrogen-bond donors (Lipinski definition) is 6. The third-order valence-electron chi connectivity index (χ3n) is 5.85. The lowest BCUT2D eigenvalue weighted by Gasteiger charge is -2.24. The molecular weight excluding hydrogens is 504 g/mol. The molecule has 208 valence electrons. The molecule has 0 saturated heterocycles. The van der Waals surface area contributed by atoms with E-state index in [1.54, 1.807) is 39.1 Å². The summed E-state index contributed by atoms with van der Waals surface area (Å²) in [7, 11) is 0. The number of rotatable bonds is 10. The fourth-order valence-corrected chi connectivity index (χ4v) is 3.92. The van der Waals surface area contributed by atoms with E-state index in [9.17, 15) is 29.4 Å². The van der Waals surface area contributed by atoms with E-state index < -0.39 is 47.6 Å². The maximum atomic E-state index is 13.3. The lowest BCUT2D eigenvalue weighted by molar-refractivity contribution is -0.142. The van der Waals surface area contributed by atoms with Crippen molar-refractivity contribution in [3.05, 3.63) is 65.9 Å². The largest absolute Gasteiger partial charge is 0.508 e. The minimum Gasteiger partial charge on any atom is -0.508 e. The van der Waals surface area contributed by atoms with Gasteiger partial charge in [-0.1, -0.05) is 30.3 Å². The Morgan fingerprint density at radius 3 is 2.18 bits per heavy atom. The van der Waals surface area contributed by atoms with Crippen LogP contribution in [-0.2, 0) is 32.0 Å². The molecule has 3 atom stereocenters. The second kappa shape index (κ2) is 12.3. The molecule has 6 N–H and O–H groups in total. The number of ether oxygens (including phenoxy) is 1. The first-order chi connectivity index (χ1) is 18.3. The number of alkyl carbamates (subject to hydrolysis) is 1. The van der Waals surface area contributed by atoms with E-state index in [0.717, 1.165) is 10.9 Å². The summed E-state index contributed by atoms with van der Waals surface area (Å²) in [5.41, 5.74) is 1.40. The molecule has 1 heterocycles. The number of H-pyrrole nitrogens is 1. The molecule has 0 fully saturated rings. The molecule has 11 heteroatoms. The van der Waals surface area contributed by atoms with Gasteiger partial charge in [0.25, 0.3) is 0 Å². The molecule has 11 nitrogen and oxygen atoms in total. The number of carbonyl (C=O) groups excluding carboxylic acids is 3. The molecule has 0 aliphatic carbocycles. The van der Waals surface area contributed by atoms with Crippen molar-refractivity contribution in [1.29, 1.82) is 0 Å². The van der Waals surface area contributed by atoms with Crippen LogP contribution in [0.3, 0.4) is 0 Å². The van der Waals surface area contributed by atoms with Gasteiger partial charge in [0, 0.05) is 29.9 Å². The molecule has 3 amide bonds. The molecule has 3 aromatic rings. The number of hydrogen-bond acceptors (Lipinski definition) is 6. The van der Waals surface area contributed by atoms with Crippen molar-refractivity contribution in [2.45, 2.75) is 64.3 Å². The van der Waals surface area contributed by atoms with E-state index in [2.05, 4.69) is 20.9 Å². The van der Waals surface area contributed by atoms with Crippen molar-refractivity contribution < 1.29 is 34.1 Å². The molecule has 39 heavy (non-hydrogen) atoms. The zero-order valence-corrected chi connectivity index (χ0v) is 22.3. The van der Waals surface area contributed by atoms with Crippen molar-refractivity contribution in [3.63, 3.8) is 0 Å². The molecule has 0 unspecified atom stereocenters. The second-order valence-electron chi connectivity index (χ2n) is 10.3. The van der Waals surface area contributed by atoms with E-state index in [1.165, 1.54) is 19.1 Å². The molecule has 0 aliphatic heterocycles. The number of carbonyl (C=O) groups is 4. The summed E-state index contributed by atoms with van der Waals surface area (Å²) < 4.78 is 5.18. The highest BCUT2D eigenvalue weighted by Gasteiger charge is 2.29. The molecule has 2 aromatic carbocycles. The number of aromatic amines is 1. The lowest BCUT2D eigenvalue weighted by Crippen LogP contribution is -2.56. The Balaban J connectivity index is 1.76. The number of nitrogens with one attached hydrogen (secondary N) is 4. The Kier molecular flexibility index (Phi) is 9.18. The van der Waals surface area contributed by atoms with Crippen molar-refractivity contribution in [1.82, 2.24) is 20.9 Å². The van der Waals surface area contributed by atoms with Crippen LogP contribution in [0.5, 0.6) is 5.75 Å². The van der Waals surface area contributed by atoms with Gasteiger partial charge in [-0.3, -0.25) is 9.59 Å². The molecule has 3 rings (SSSR count). The van der Waals surface area contributed by atoms with Crippen LogP contribution in [0.2, 0.25) is 0 Å². The Hall–Kier alpha value is -4.54. The predicted octanol–water partition coefficient (Wildman–Crippen LogP) is 2.63.